The van der Waals surface area contributed by atoms with Crippen molar-refractivity contribution in [2.24, 2.45) is 0 Å². The van der Waals surface area contributed by atoms with E-state index in [2.05, 4.69) is 5.32 Å². The summed E-state index contributed by atoms with van der Waals surface area (Å²) in [6, 6.07) is 2.90. The van der Waals surface area contributed by atoms with Gasteiger partial charge in [-0.1, -0.05) is 11.6 Å². The molecule has 98 valence electrons. The SMILES string of the molecule is CNC(=O)NC(=O)C(C)Oc1ccc(F)cc1Cl. The van der Waals surface area contributed by atoms with Crippen molar-refractivity contribution < 1.29 is 18.7 Å². The van der Waals surface area contributed by atoms with Crippen LogP contribution in [0.25, 0.3) is 0 Å². The largest absolute Gasteiger partial charge is 0.479 e. The maximum absolute atomic E-state index is 12.8. The maximum atomic E-state index is 12.8. The Bertz CT molecular complexity index is 468. The van der Waals surface area contributed by atoms with Gasteiger partial charge in [0, 0.05) is 7.05 Å². The molecule has 1 aromatic rings. The third-order valence-corrected chi connectivity index (χ3v) is 2.33. The minimum Gasteiger partial charge on any atom is -0.479 e. The lowest BCUT2D eigenvalue weighted by Crippen LogP contribution is -2.43. The highest BCUT2D eigenvalue weighted by molar-refractivity contribution is 6.32. The Hall–Kier alpha value is -1.82. The third kappa shape index (κ3) is 3.89. The number of hydrogen-bond acceptors (Lipinski definition) is 3. The van der Waals surface area contributed by atoms with Crippen LogP contribution >= 0.6 is 11.6 Å². The zero-order valence-corrected chi connectivity index (χ0v) is 10.5. The molecule has 0 spiro atoms. The summed E-state index contributed by atoms with van der Waals surface area (Å²) >= 11 is 5.74. The van der Waals surface area contributed by atoms with Crippen LogP contribution in [0.2, 0.25) is 5.02 Å². The lowest BCUT2D eigenvalue weighted by atomic mass is 10.3. The van der Waals surface area contributed by atoms with E-state index in [1.165, 1.54) is 20.0 Å². The van der Waals surface area contributed by atoms with Gasteiger partial charge in [-0.05, 0) is 25.1 Å². The van der Waals surface area contributed by atoms with Crippen LogP contribution in [0.1, 0.15) is 6.92 Å². The molecule has 18 heavy (non-hydrogen) atoms. The Morgan fingerprint density at radius 1 is 1.44 bits per heavy atom. The summed E-state index contributed by atoms with van der Waals surface area (Å²) in [5.41, 5.74) is 0. The van der Waals surface area contributed by atoms with Gasteiger partial charge in [-0.2, -0.15) is 0 Å². The fourth-order valence-electron chi connectivity index (χ4n) is 1.09. The van der Waals surface area contributed by atoms with Gasteiger partial charge in [0.25, 0.3) is 5.91 Å². The van der Waals surface area contributed by atoms with Crippen LogP contribution in [0.4, 0.5) is 9.18 Å². The molecular formula is C11H12ClFN2O3. The molecule has 0 aliphatic carbocycles. The van der Waals surface area contributed by atoms with Crippen LogP contribution in [0.5, 0.6) is 5.75 Å². The van der Waals surface area contributed by atoms with Crippen LogP contribution in [-0.2, 0) is 4.79 Å². The van der Waals surface area contributed by atoms with Gasteiger partial charge >= 0.3 is 6.03 Å². The minimum atomic E-state index is -0.940. The molecule has 1 aromatic carbocycles. The molecule has 2 N–H and O–H groups in total. The zero-order chi connectivity index (χ0) is 13.7. The van der Waals surface area contributed by atoms with Crippen molar-refractivity contribution in [2.75, 3.05) is 7.05 Å². The van der Waals surface area contributed by atoms with Gasteiger partial charge in [0.15, 0.2) is 6.10 Å². The standard InChI is InChI=1S/C11H12ClFN2O3/c1-6(10(16)15-11(17)14-2)18-9-4-3-7(13)5-8(9)12/h3-6H,1-2H3,(H2,14,15,16,17). The fourth-order valence-corrected chi connectivity index (χ4v) is 1.30. The summed E-state index contributed by atoms with van der Waals surface area (Å²) < 4.78 is 18.0. The van der Waals surface area contributed by atoms with Gasteiger partial charge in [-0.3, -0.25) is 10.1 Å². The predicted molar refractivity (Wildman–Crippen MR) is 64.1 cm³/mol. The van der Waals surface area contributed by atoms with Crippen LogP contribution in [0.3, 0.4) is 0 Å². The average molecular weight is 275 g/mol. The highest BCUT2D eigenvalue weighted by Gasteiger charge is 2.18. The van der Waals surface area contributed by atoms with Gasteiger partial charge in [-0.25, -0.2) is 9.18 Å². The van der Waals surface area contributed by atoms with Crippen LogP contribution in [-0.4, -0.2) is 25.1 Å². The summed E-state index contributed by atoms with van der Waals surface area (Å²) in [6.07, 6.45) is -0.940. The summed E-state index contributed by atoms with van der Waals surface area (Å²) in [4.78, 5) is 22.4. The number of urea groups is 1. The molecular weight excluding hydrogens is 263 g/mol. The monoisotopic (exact) mass is 274 g/mol. The second kappa shape index (κ2) is 6.20. The Balaban J connectivity index is 2.66. The summed E-state index contributed by atoms with van der Waals surface area (Å²) in [6.45, 7) is 1.44. The van der Waals surface area contributed by atoms with Gasteiger partial charge in [0.1, 0.15) is 11.6 Å². The van der Waals surface area contributed by atoms with E-state index in [9.17, 15) is 14.0 Å². The van der Waals surface area contributed by atoms with E-state index in [1.807, 2.05) is 5.32 Å². The lowest BCUT2D eigenvalue weighted by molar-refractivity contribution is -0.126. The topological polar surface area (TPSA) is 67.4 Å². The molecule has 0 fully saturated rings. The zero-order valence-electron chi connectivity index (χ0n) is 9.79. The number of carbonyl (C=O) groups excluding carboxylic acids is 2. The molecule has 0 saturated heterocycles. The Kier molecular flexibility index (Phi) is 4.91. The molecule has 0 aliphatic heterocycles. The van der Waals surface area contributed by atoms with E-state index < -0.39 is 23.9 Å². The summed E-state index contributed by atoms with van der Waals surface area (Å²) in [5, 5.41) is 4.33. The highest BCUT2D eigenvalue weighted by Crippen LogP contribution is 2.25. The Morgan fingerprint density at radius 2 is 2.11 bits per heavy atom. The van der Waals surface area contributed by atoms with Gasteiger partial charge in [0.05, 0.1) is 5.02 Å². The number of benzene rings is 1. The maximum Gasteiger partial charge on any atom is 0.321 e. The van der Waals surface area contributed by atoms with E-state index in [-0.39, 0.29) is 10.8 Å². The number of rotatable bonds is 3. The first-order chi connectivity index (χ1) is 8.43. The molecule has 0 aliphatic rings. The summed E-state index contributed by atoms with van der Waals surface area (Å²) in [5.74, 6) is -0.970. The van der Waals surface area contributed by atoms with Crippen molar-refractivity contribution in [1.29, 1.82) is 0 Å². The number of amides is 3. The van der Waals surface area contributed by atoms with Gasteiger partial charge in [0.2, 0.25) is 0 Å². The van der Waals surface area contributed by atoms with E-state index in [1.54, 1.807) is 0 Å². The average Bonchev–Trinajstić information content (AvgIpc) is 2.32. The number of nitrogens with one attached hydrogen (secondary N) is 2. The fraction of sp³-hybridized carbons (Fsp3) is 0.273. The molecule has 7 heteroatoms. The Morgan fingerprint density at radius 3 is 2.67 bits per heavy atom. The number of carbonyl (C=O) groups is 2. The third-order valence-electron chi connectivity index (χ3n) is 2.03. The van der Waals surface area contributed by atoms with Crippen molar-refractivity contribution in [1.82, 2.24) is 10.6 Å². The lowest BCUT2D eigenvalue weighted by Gasteiger charge is -2.14. The molecule has 0 bridgehead atoms. The molecule has 1 unspecified atom stereocenters. The molecule has 0 heterocycles. The van der Waals surface area contributed by atoms with E-state index in [0.717, 1.165) is 12.1 Å². The van der Waals surface area contributed by atoms with E-state index >= 15 is 0 Å². The molecule has 5 nitrogen and oxygen atoms in total. The molecule has 1 atom stereocenters. The second-order valence-corrected chi connectivity index (χ2v) is 3.81. The molecule has 1 rings (SSSR count). The minimum absolute atomic E-state index is 0.0505. The highest BCUT2D eigenvalue weighted by atomic mass is 35.5. The van der Waals surface area contributed by atoms with Crippen molar-refractivity contribution in [2.45, 2.75) is 13.0 Å². The molecule has 0 aromatic heterocycles. The normalized spacial score (nSPS) is 11.6. The first kappa shape index (κ1) is 14.2. The van der Waals surface area contributed by atoms with Crippen LogP contribution in [0, 0.1) is 5.82 Å². The van der Waals surface area contributed by atoms with Crippen LogP contribution < -0.4 is 15.4 Å². The molecule has 0 radical (unpaired) electrons. The van der Waals surface area contributed by atoms with E-state index in [0.29, 0.717) is 0 Å². The smallest absolute Gasteiger partial charge is 0.321 e. The van der Waals surface area contributed by atoms with Crippen molar-refractivity contribution in [3.63, 3.8) is 0 Å². The number of imide groups is 1. The quantitative estimate of drug-likeness (QED) is 0.882. The van der Waals surface area contributed by atoms with Crippen molar-refractivity contribution >= 4 is 23.5 Å². The van der Waals surface area contributed by atoms with E-state index in [4.69, 9.17) is 16.3 Å². The van der Waals surface area contributed by atoms with Crippen molar-refractivity contribution in [3.05, 3.63) is 29.0 Å². The Labute approximate surface area is 108 Å². The first-order valence-electron chi connectivity index (χ1n) is 5.08. The van der Waals surface area contributed by atoms with Gasteiger partial charge in [-0.15, -0.1) is 0 Å². The number of hydrogen-bond donors (Lipinski definition) is 2. The first-order valence-corrected chi connectivity index (χ1v) is 5.46. The number of ether oxygens (including phenoxy) is 1. The van der Waals surface area contributed by atoms with Gasteiger partial charge < -0.3 is 10.1 Å². The second-order valence-electron chi connectivity index (χ2n) is 3.40. The van der Waals surface area contributed by atoms with Crippen molar-refractivity contribution in [3.8, 4) is 5.75 Å². The predicted octanol–water partition coefficient (Wildman–Crippen LogP) is 1.70. The summed E-state index contributed by atoms with van der Waals surface area (Å²) in [7, 11) is 1.38. The van der Waals surface area contributed by atoms with Crippen LogP contribution in [0.15, 0.2) is 18.2 Å². The molecule has 0 saturated carbocycles. The number of halogens is 2. The molecule has 3 amide bonds.